The molecule has 0 unspecified atom stereocenters. The zero-order valence-corrected chi connectivity index (χ0v) is 15.9. The van der Waals surface area contributed by atoms with E-state index in [1.54, 1.807) is 24.0 Å². The number of nitrogens with zero attached hydrogens (tertiary/aromatic N) is 2. The molecule has 0 atom stereocenters. The molecule has 0 saturated carbocycles. The molecule has 1 aliphatic heterocycles. The van der Waals surface area contributed by atoms with Gasteiger partial charge in [-0.2, -0.15) is 5.10 Å². The quantitative estimate of drug-likeness (QED) is 0.487. The van der Waals surface area contributed by atoms with Gasteiger partial charge >= 0.3 is 11.8 Å². The fourth-order valence-corrected chi connectivity index (χ4v) is 2.89. The van der Waals surface area contributed by atoms with Crippen LogP contribution in [0, 0.1) is 6.92 Å². The molecule has 144 valence electrons. The van der Waals surface area contributed by atoms with Crippen molar-refractivity contribution < 1.29 is 14.4 Å². The first-order valence-electron chi connectivity index (χ1n) is 9.07. The van der Waals surface area contributed by atoms with Crippen LogP contribution in [0.15, 0.2) is 53.6 Å². The summed E-state index contributed by atoms with van der Waals surface area (Å²) in [6.45, 7) is 4.36. The molecule has 2 N–H and O–H groups in total. The normalized spacial score (nSPS) is 14.1. The number of hydrogen-bond acceptors (Lipinski definition) is 4. The van der Waals surface area contributed by atoms with Gasteiger partial charge in [-0.3, -0.25) is 14.4 Å². The topological polar surface area (TPSA) is 90.9 Å². The summed E-state index contributed by atoms with van der Waals surface area (Å²) < 4.78 is 0. The van der Waals surface area contributed by atoms with Gasteiger partial charge in [-0.15, -0.1) is 0 Å². The summed E-state index contributed by atoms with van der Waals surface area (Å²) in [6.07, 6.45) is 1.41. The molecule has 3 amide bonds. The van der Waals surface area contributed by atoms with Gasteiger partial charge in [0.15, 0.2) is 0 Å². The van der Waals surface area contributed by atoms with Crippen LogP contribution < -0.4 is 15.6 Å². The molecule has 3 rings (SSSR count). The van der Waals surface area contributed by atoms with E-state index in [0.29, 0.717) is 24.4 Å². The average molecular weight is 378 g/mol. The summed E-state index contributed by atoms with van der Waals surface area (Å²) in [5.74, 6) is -1.55. The van der Waals surface area contributed by atoms with Crippen molar-refractivity contribution in [2.45, 2.75) is 26.7 Å². The second-order valence-electron chi connectivity index (χ2n) is 6.66. The number of aryl methyl sites for hydroxylation is 1. The third-order valence-corrected chi connectivity index (χ3v) is 4.49. The minimum absolute atomic E-state index is 0.104. The Labute approximate surface area is 163 Å². The second-order valence-corrected chi connectivity index (χ2v) is 6.66. The van der Waals surface area contributed by atoms with Crippen molar-refractivity contribution in [2.75, 3.05) is 16.8 Å². The maximum absolute atomic E-state index is 12.0. The van der Waals surface area contributed by atoms with Crippen molar-refractivity contribution in [1.82, 2.24) is 5.43 Å². The van der Waals surface area contributed by atoms with E-state index in [2.05, 4.69) is 15.8 Å². The maximum Gasteiger partial charge on any atom is 0.329 e. The lowest BCUT2D eigenvalue weighted by Crippen LogP contribution is -2.33. The standard InChI is InChI=1S/C21H22N4O3/c1-14-8-10-17(11-9-14)22-20(27)21(28)24-23-15(2)16-5-3-6-18(13-16)25-12-4-7-19(25)26/h3,5-6,8-11,13H,4,7,12H2,1-2H3,(H,22,27)(H,24,28)/b23-15-. The van der Waals surface area contributed by atoms with Gasteiger partial charge in [0.05, 0.1) is 5.71 Å². The molecular weight excluding hydrogens is 356 g/mol. The molecule has 2 aromatic rings. The number of anilines is 2. The Morgan fingerprint density at radius 2 is 1.82 bits per heavy atom. The zero-order valence-electron chi connectivity index (χ0n) is 15.9. The van der Waals surface area contributed by atoms with Crippen LogP contribution in [0.4, 0.5) is 11.4 Å². The van der Waals surface area contributed by atoms with Gasteiger partial charge in [0.1, 0.15) is 0 Å². The van der Waals surface area contributed by atoms with E-state index in [1.807, 2.05) is 43.3 Å². The highest BCUT2D eigenvalue weighted by atomic mass is 16.2. The minimum Gasteiger partial charge on any atom is -0.318 e. The first-order chi connectivity index (χ1) is 13.4. The Bertz CT molecular complexity index is 935. The predicted octanol–water partition coefficient (Wildman–Crippen LogP) is 2.60. The van der Waals surface area contributed by atoms with Gasteiger partial charge in [-0.25, -0.2) is 5.43 Å². The summed E-state index contributed by atoms with van der Waals surface area (Å²) >= 11 is 0. The third-order valence-electron chi connectivity index (χ3n) is 4.49. The van der Waals surface area contributed by atoms with Crippen LogP contribution >= 0.6 is 0 Å². The molecule has 2 aromatic carbocycles. The van der Waals surface area contributed by atoms with E-state index in [-0.39, 0.29) is 5.91 Å². The fourth-order valence-electron chi connectivity index (χ4n) is 2.89. The number of amides is 3. The van der Waals surface area contributed by atoms with Crippen molar-refractivity contribution in [3.8, 4) is 0 Å². The molecule has 28 heavy (non-hydrogen) atoms. The molecule has 1 fully saturated rings. The van der Waals surface area contributed by atoms with Crippen LogP contribution in [0.1, 0.15) is 30.9 Å². The number of carbonyl (C=O) groups is 3. The van der Waals surface area contributed by atoms with E-state index < -0.39 is 11.8 Å². The monoisotopic (exact) mass is 378 g/mol. The van der Waals surface area contributed by atoms with Gasteiger partial charge in [-0.05, 0) is 50.1 Å². The van der Waals surface area contributed by atoms with Crippen LogP contribution in [0.3, 0.4) is 0 Å². The van der Waals surface area contributed by atoms with Crippen LogP contribution in [-0.4, -0.2) is 30.0 Å². The van der Waals surface area contributed by atoms with E-state index in [9.17, 15) is 14.4 Å². The lowest BCUT2D eigenvalue weighted by atomic mass is 10.1. The average Bonchev–Trinajstić information content (AvgIpc) is 3.13. The number of nitrogens with one attached hydrogen (secondary N) is 2. The van der Waals surface area contributed by atoms with Crippen molar-refractivity contribution >= 4 is 34.8 Å². The van der Waals surface area contributed by atoms with Gasteiger partial charge in [-0.1, -0.05) is 29.8 Å². The molecule has 7 heteroatoms. The molecule has 0 radical (unpaired) electrons. The van der Waals surface area contributed by atoms with Gasteiger partial charge < -0.3 is 10.2 Å². The molecule has 0 spiro atoms. The molecule has 7 nitrogen and oxygen atoms in total. The third kappa shape index (κ3) is 4.62. The van der Waals surface area contributed by atoms with Crippen molar-refractivity contribution in [2.24, 2.45) is 5.10 Å². The summed E-state index contributed by atoms with van der Waals surface area (Å²) in [7, 11) is 0. The Morgan fingerprint density at radius 3 is 2.50 bits per heavy atom. The number of benzene rings is 2. The Balaban J connectivity index is 1.63. The van der Waals surface area contributed by atoms with Gasteiger partial charge in [0.2, 0.25) is 5.91 Å². The predicted molar refractivity (Wildman–Crippen MR) is 108 cm³/mol. The summed E-state index contributed by atoms with van der Waals surface area (Å²) in [5, 5.41) is 6.53. The Morgan fingerprint density at radius 1 is 1.07 bits per heavy atom. The zero-order chi connectivity index (χ0) is 20.1. The van der Waals surface area contributed by atoms with Crippen molar-refractivity contribution in [3.63, 3.8) is 0 Å². The van der Waals surface area contributed by atoms with Crippen molar-refractivity contribution in [1.29, 1.82) is 0 Å². The first kappa shape index (κ1) is 19.3. The van der Waals surface area contributed by atoms with Gasteiger partial charge in [0, 0.05) is 24.3 Å². The first-order valence-corrected chi connectivity index (χ1v) is 9.07. The Hall–Kier alpha value is -3.48. The molecule has 0 aliphatic carbocycles. The molecular formula is C21H22N4O3. The van der Waals surface area contributed by atoms with Crippen LogP contribution in [0.2, 0.25) is 0 Å². The van der Waals surface area contributed by atoms with E-state index in [4.69, 9.17) is 0 Å². The second kappa shape index (κ2) is 8.47. The molecule has 1 heterocycles. The lowest BCUT2D eigenvalue weighted by Gasteiger charge is -2.16. The number of hydrogen-bond donors (Lipinski definition) is 2. The smallest absolute Gasteiger partial charge is 0.318 e. The van der Waals surface area contributed by atoms with E-state index in [1.165, 1.54) is 0 Å². The van der Waals surface area contributed by atoms with Crippen LogP contribution in [0.25, 0.3) is 0 Å². The largest absolute Gasteiger partial charge is 0.329 e. The van der Waals surface area contributed by atoms with Crippen molar-refractivity contribution in [3.05, 3.63) is 59.7 Å². The number of carbonyl (C=O) groups excluding carboxylic acids is 3. The lowest BCUT2D eigenvalue weighted by molar-refractivity contribution is -0.136. The highest BCUT2D eigenvalue weighted by Crippen LogP contribution is 2.22. The molecule has 1 aliphatic rings. The van der Waals surface area contributed by atoms with Gasteiger partial charge in [0.25, 0.3) is 0 Å². The van der Waals surface area contributed by atoms with E-state index >= 15 is 0 Å². The summed E-state index contributed by atoms with van der Waals surface area (Å²) in [4.78, 5) is 37.6. The number of rotatable bonds is 4. The Kier molecular flexibility index (Phi) is 5.84. The summed E-state index contributed by atoms with van der Waals surface area (Å²) in [5.41, 5.74) is 5.96. The number of hydrazone groups is 1. The SMILES string of the molecule is C/C(=N/NC(=O)C(=O)Nc1ccc(C)cc1)c1cccc(N2CCCC2=O)c1. The maximum atomic E-state index is 12.0. The van der Waals surface area contributed by atoms with Crippen LogP contribution in [-0.2, 0) is 14.4 Å². The highest BCUT2D eigenvalue weighted by Gasteiger charge is 2.21. The molecule has 0 aromatic heterocycles. The highest BCUT2D eigenvalue weighted by molar-refractivity contribution is 6.39. The van der Waals surface area contributed by atoms with E-state index in [0.717, 1.165) is 23.2 Å². The minimum atomic E-state index is -0.856. The summed E-state index contributed by atoms with van der Waals surface area (Å²) in [6, 6.07) is 14.5. The fraction of sp³-hybridized carbons (Fsp3) is 0.238. The van der Waals surface area contributed by atoms with Crippen LogP contribution in [0.5, 0.6) is 0 Å². The molecule has 0 bridgehead atoms. The molecule has 1 saturated heterocycles.